The number of hydrogen-bond acceptors (Lipinski definition) is 3. The van der Waals surface area contributed by atoms with Gasteiger partial charge in [-0.25, -0.2) is 0 Å². The van der Waals surface area contributed by atoms with Crippen LogP contribution in [-0.2, 0) is 16.0 Å². The van der Waals surface area contributed by atoms with Crippen molar-refractivity contribution in [1.82, 2.24) is 0 Å². The fourth-order valence-corrected chi connectivity index (χ4v) is 4.85. The van der Waals surface area contributed by atoms with Crippen LogP contribution in [0.15, 0.2) is 35.5 Å². The molecule has 2 rings (SSSR count). The number of ketones is 2. The van der Waals surface area contributed by atoms with E-state index in [1.807, 2.05) is 47.6 Å². The number of aliphatic imine (C=N–C) groups is 1. The number of carbonyl (C=O) groups is 2. The van der Waals surface area contributed by atoms with Crippen molar-refractivity contribution in [3.05, 3.63) is 47.2 Å². The first-order valence-electron chi connectivity index (χ1n) is 15.8. The minimum atomic E-state index is -0.525. The topological polar surface area (TPSA) is 46.5 Å². The second-order valence-corrected chi connectivity index (χ2v) is 11.3. The molecule has 224 valence electrons. The standard InChI is InChI=1S/C22H37NO2.C10H14.2C2H6/c1-8-21(24)19(13-20-16(6)9-10-23-20)22(25)17(7)18(11-14(2)3)12-15(4)5;1-4-10-6-5-8(2)9(3)7-10;2*1-2/h9-10,14-19H,8,11-13H2,1-7H3;5-7H,4H2,1-3H3;2*1-2H3. The van der Waals surface area contributed by atoms with E-state index in [0.29, 0.717) is 30.6 Å². The van der Waals surface area contributed by atoms with E-state index in [2.05, 4.69) is 78.6 Å². The molecule has 1 aliphatic rings. The van der Waals surface area contributed by atoms with Crippen LogP contribution in [0.1, 0.15) is 125 Å². The van der Waals surface area contributed by atoms with Crippen LogP contribution in [0.4, 0.5) is 0 Å². The van der Waals surface area contributed by atoms with Crippen molar-refractivity contribution in [2.75, 3.05) is 0 Å². The Labute approximate surface area is 243 Å². The Hall–Kier alpha value is -2.03. The third kappa shape index (κ3) is 14.8. The first kappa shape index (κ1) is 39.1. The molecule has 1 aromatic rings. The largest absolute Gasteiger partial charge is 0.299 e. The van der Waals surface area contributed by atoms with Crippen LogP contribution in [0.2, 0.25) is 0 Å². The first-order chi connectivity index (χ1) is 18.4. The summed E-state index contributed by atoms with van der Waals surface area (Å²) >= 11 is 0. The molecule has 3 nitrogen and oxygen atoms in total. The normalized spacial score (nSPS) is 15.4. The van der Waals surface area contributed by atoms with Crippen molar-refractivity contribution in [2.45, 2.75) is 129 Å². The zero-order chi connectivity index (χ0) is 30.7. The monoisotopic (exact) mass is 541 g/mol. The number of hydrogen-bond donors (Lipinski definition) is 0. The van der Waals surface area contributed by atoms with E-state index < -0.39 is 5.92 Å². The predicted octanol–water partition coefficient (Wildman–Crippen LogP) is 10.4. The van der Waals surface area contributed by atoms with Gasteiger partial charge in [0.1, 0.15) is 11.6 Å². The van der Waals surface area contributed by atoms with Crippen LogP contribution in [0.5, 0.6) is 0 Å². The Morgan fingerprint density at radius 2 is 1.41 bits per heavy atom. The maximum absolute atomic E-state index is 13.2. The number of rotatable bonds is 12. The Balaban J connectivity index is 0. The van der Waals surface area contributed by atoms with Crippen LogP contribution in [0, 0.1) is 49.4 Å². The highest BCUT2D eigenvalue weighted by atomic mass is 16.2. The van der Waals surface area contributed by atoms with Gasteiger partial charge in [0, 0.05) is 36.6 Å². The molecule has 0 radical (unpaired) electrons. The number of carbonyl (C=O) groups excluding carboxylic acids is 2. The van der Waals surface area contributed by atoms with Gasteiger partial charge in [-0.1, -0.05) is 107 Å². The van der Waals surface area contributed by atoms with Crippen LogP contribution < -0.4 is 0 Å². The van der Waals surface area contributed by atoms with Gasteiger partial charge in [-0.15, -0.1) is 0 Å². The summed E-state index contributed by atoms with van der Waals surface area (Å²) in [6, 6.07) is 6.64. The maximum Gasteiger partial charge on any atom is 0.146 e. The first-order valence-corrected chi connectivity index (χ1v) is 15.8. The molecule has 0 amide bonds. The van der Waals surface area contributed by atoms with Crippen molar-refractivity contribution in [3.63, 3.8) is 0 Å². The van der Waals surface area contributed by atoms with Crippen molar-refractivity contribution in [3.8, 4) is 0 Å². The number of benzene rings is 1. The lowest BCUT2D eigenvalue weighted by atomic mass is 9.74. The van der Waals surface area contributed by atoms with Crippen molar-refractivity contribution in [1.29, 1.82) is 0 Å². The molecule has 3 atom stereocenters. The molecule has 1 aromatic carbocycles. The highest BCUT2D eigenvalue weighted by Crippen LogP contribution is 2.31. The minimum Gasteiger partial charge on any atom is -0.299 e. The van der Waals surface area contributed by atoms with Crippen LogP contribution >= 0.6 is 0 Å². The van der Waals surface area contributed by atoms with Gasteiger partial charge in [0.05, 0.1) is 5.92 Å². The molecule has 0 aliphatic carbocycles. The molecule has 1 aliphatic heterocycles. The van der Waals surface area contributed by atoms with E-state index in [-0.39, 0.29) is 23.4 Å². The van der Waals surface area contributed by atoms with Gasteiger partial charge in [-0.05, 0) is 67.6 Å². The molecule has 0 aromatic heterocycles. The van der Waals surface area contributed by atoms with Gasteiger partial charge in [0.2, 0.25) is 0 Å². The predicted molar refractivity (Wildman–Crippen MR) is 174 cm³/mol. The summed E-state index contributed by atoms with van der Waals surface area (Å²) in [5.41, 5.74) is 5.19. The number of nitrogens with zero attached hydrogens (tertiary/aromatic N) is 1. The molecule has 39 heavy (non-hydrogen) atoms. The Morgan fingerprint density at radius 3 is 1.79 bits per heavy atom. The van der Waals surface area contributed by atoms with Gasteiger partial charge < -0.3 is 0 Å². The zero-order valence-electron chi connectivity index (χ0n) is 28.2. The van der Waals surface area contributed by atoms with Crippen molar-refractivity contribution in [2.24, 2.45) is 40.5 Å². The van der Waals surface area contributed by atoms with Gasteiger partial charge in [0.15, 0.2) is 0 Å². The Morgan fingerprint density at radius 1 is 0.872 bits per heavy atom. The lowest BCUT2D eigenvalue weighted by Crippen LogP contribution is -2.35. The van der Waals surface area contributed by atoms with E-state index in [9.17, 15) is 9.59 Å². The molecule has 0 spiro atoms. The van der Waals surface area contributed by atoms with Gasteiger partial charge in [0.25, 0.3) is 0 Å². The highest BCUT2D eigenvalue weighted by Gasteiger charge is 2.35. The molecule has 3 heteroatoms. The highest BCUT2D eigenvalue weighted by molar-refractivity contribution is 6.07. The Bertz CT molecular complexity index is 868. The summed E-state index contributed by atoms with van der Waals surface area (Å²) in [7, 11) is 0. The molecule has 1 heterocycles. The van der Waals surface area contributed by atoms with E-state index in [4.69, 9.17) is 0 Å². The molecule has 3 unspecified atom stereocenters. The molecule has 0 saturated heterocycles. The summed E-state index contributed by atoms with van der Waals surface area (Å²) in [5.74, 6) is 1.29. The molecule has 0 saturated carbocycles. The van der Waals surface area contributed by atoms with E-state index in [1.165, 1.54) is 16.7 Å². The second-order valence-electron chi connectivity index (χ2n) is 11.3. The van der Waals surface area contributed by atoms with Crippen molar-refractivity contribution < 1.29 is 9.59 Å². The van der Waals surface area contributed by atoms with Gasteiger partial charge in [-0.3, -0.25) is 14.6 Å². The fourth-order valence-electron chi connectivity index (χ4n) is 4.85. The smallest absolute Gasteiger partial charge is 0.146 e. The third-order valence-electron chi connectivity index (χ3n) is 7.32. The maximum atomic E-state index is 13.2. The van der Waals surface area contributed by atoms with Crippen molar-refractivity contribution >= 4 is 17.3 Å². The quantitative estimate of drug-likeness (QED) is 0.247. The van der Waals surface area contributed by atoms with Gasteiger partial charge in [-0.2, -0.15) is 0 Å². The minimum absolute atomic E-state index is 0.0616. The summed E-state index contributed by atoms with van der Waals surface area (Å²) in [6.07, 6.45) is 7.94. The third-order valence-corrected chi connectivity index (χ3v) is 7.32. The molecule has 0 N–H and O–H groups in total. The lowest BCUT2D eigenvalue weighted by Gasteiger charge is -2.29. The van der Waals surface area contributed by atoms with Crippen LogP contribution in [0.3, 0.4) is 0 Å². The summed E-state index contributed by atoms with van der Waals surface area (Å²) in [4.78, 5) is 30.2. The van der Waals surface area contributed by atoms with E-state index in [1.54, 1.807) is 6.20 Å². The number of aryl methyl sites for hydroxylation is 3. The van der Waals surface area contributed by atoms with E-state index in [0.717, 1.165) is 25.0 Å². The summed E-state index contributed by atoms with van der Waals surface area (Å²) < 4.78 is 0. The summed E-state index contributed by atoms with van der Waals surface area (Å²) in [6.45, 7) is 29.3. The molecule has 0 bridgehead atoms. The number of allylic oxidation sites excluding steroid dienone is 1. The fraction of sp³-hybridized carbons (Fsp3) is 0.694. The average molecular weight is 542 g/mol. The number of Topliss-reactive ketones (excluding diaryl/α,β-unsaturated/α-hetero) is 2. The summed E-state index contributed by atoms with van der Waals surface area (Å²) in [5, 5.41) is 0. The van der Waals surface area contributed by atoms with Crippen LogP contribution in [0.25, 0.3) is 0 Å². The van der Waals surface area contributed by atoms with Crippen LogP contribution in [-0.4, -0.2) is 17.3 Å². The zero-order valence-corrected chi connectivity index (χ0v) is 28.2. The van der Waals surface area contributed by atoms with E-state index >= 15 is 0 Å². The molecular weight excluding hydrogens is 478 g/mol. The average Bonchev–Trinajstić information content (AvgIpc) is 3.33. The SMILES string of the molecule is CC.CC.CCC(=O)C(CC1=NC=CC1C)C(=O)C(C)C(CC(C)C)CC(C)C.CCc1ccc(C)c(C)c1. The Kier molecular flexibility index (Phi) is 21.8. The van der Waals surface area contributed by atoms with Gasteiger partial charge >= 0.3 is 0 Å². The molecule has 0 fully saturated rings. The molecular formula is C36H63NO2. The second kappa shape index (κ2) is 21.8. The lowest BCUT2D eigenvalue weighted by molar-refractivity contribution is -0.135.